The summed E-state index contributed by atoms with van der Waals surface area (Å²) in [5.74, 6) is 1.69. The summed E-state index contributed by atoms with van der Waals surface area (Å²) in [6.07, 6.45) is 8.45. The second-order valence-corrected chi connectivity index (χ2v) is 5.16. The average Bonchev–Trinajstić information content (AvgIpc) is 2.35. The SMILES string of the molecule is C\C=C(/C=C(C)\C(Br)=C/C)OCCC(C)CC. The first kappa shape index (κ1) is 16.5. The predicted octanol–water partition coefficient (Wildman–Crippen LogP) is 5.59. The molecule has 0 amide bonds. The fraction of sp³-hybridized carbons (Fsp3) is 0.600. The zero-order valence-corrected chi connectivity index (χ0v) is 13.3. The molecule has 98 valence electrons. The molecular formula is C15H25BrO. The molecule has 1 atom stereocenters. The molecule has 0 fully saturated rings. The second-order valence-electron chi connectivity index (χ2n) is 4.31. The van der Waals surface area contributed by atoms with Gasteiger partial charge in [0, 0.05) is 4.48 Å². The van der Waals surface area contributed by atoms with Crippen LogP contribution in [0.2, 0.25) is 0 Å². The van der Waals surface area contributed by atoms with E-state index in [1.807, 2.05) is 26.0 Å². The van der Waals surface area contributed by atoms with Crippen LogP contribution in [-0.2, 0) is 4.74 Å². The van der Waals surface area contributed by atoms with E-state index in [2.05, 4.69) is 42.8 Å². The van der Waals surface area contributed by atoms with Gasteiger partial charge in [0.1, 0.15) is 5.76 Å². The Hall–Kier alpha value is -0.500. The highest BCUT2D eigenvalue weighted by molar-refractivity contribution is 9.12. The van der Waals surface area contributed by atoms with Crippen molar-refractivity contribution in [2.45, 2.75) is 47.5 Å². The van der Waals surface area contributed by atoms with Crippen LogP contribution in [0.1, 0.15) is 47.5 Å². The van der Waals surface area contributed by atoms with Crippen LogP contribution in [0.5, 0.6) is 0 Å². The standard InChI is InChI=1S/C15H25BrO/c1-6-12(4)9-10-17-14(7-2)11-13(5)15(16)8-3/h7-8,11-12H,6,9-10H2,1-5H3/b13-11-,14-7+,15-8+. The first-order valence-electron chi connectivity index (χ1n) is 6.34. The summed E-state index contributed by atoms with van der Waals surface area (Å²) in [5.41, 5.74) is 1.18. The maximum atomic E-state index is 5.77. The smallest absolute Gasteiger partial charge is 0.115 e. The molecule has 1 nitrogen and oxygen atoms in total. The summed E-state index contributed by atoms with van der Waals surface area (Å²) in [4.78, 5) is 0. The van der Waals surface area contributed by atoms with Gasteiger partial charge in [-0.2, -0.15) is 0 Å². The van der Waals surface area contributed by atoms with Crippen LogP contribution >= 0.6 is 15.9 Å². The van der Waals surface area contributed by atoms with E-state index in [4.69, 9.17) is 4.74 Å². The van der Waals surface area contributed by atoms with E-state index in [1.165, 1.54) is 12.0 Å². The monoisotopic (exact) mass is 300 g/mol. The van der Waals surface area contributed by atoms with Gasteiger partial charge in [0.05, 0.1) is 6.61 Å². The Bertz CT molecular complexity index is 300. The normalized spacial score (nSPS) is 16.0. The van der Waals surface area contributed by atoms with E-state index in [0.717, 1.165) is 29.2 Å². The number of halogens is 1. The molecule has 0 heterocycles. The molecule has 0 saturated heterocycles. The van der Waals surface area contributed by atoms with Gasteiger partial charge < -0.3 is 4.74 Å². The van der Waals surface area contributed by atoms with Gasteiger partial charge in [0.2, 0.25) is 0 Å². The van der Waals surface area contributed by atoms with Crippen molar-refractivity contribution < 1.29 is 4.74 Å². The lowest BCUT2D eigenvalue weighted by Gasteiger charge is -2.11. The molecule has 0 aliphatic carbocycles. The summed E-state index contributed by atoms with van der Waals surface area (Å²) in [6, 6.07) is 0. The van der Waals surface area contributed by atoms with Crippen LogP contribution in [0.15, 0.2) is 34.0 Å². The van der Waals surface area contributed by atoms with Crippen molar-refractivity contribution in [1.29, 1.82) is 0 Å². The Kier molecular flexibility index (Phi) is 9.24. The van der Waals surface area contributed by atoms with Crippen molar-refractivity contribution in [3.8, 4) is 0 Å². The number of hydrogen-bond donors (Lipinski definition) is 0. The van der Waals surface area contributed by atoms with Gasteiger partial charge in [0.15, 0.2) is 0 Å². The molecule has 2 heteroatoms. The maximum Gasteiger partial charge on any atom is 0.115 e. The van der Waals surface area contributed by atoms with Gasteiger partial charge in [-0.15, -0.1) is 0 Å². The number of ether oxygens (including phenoxy) is 1. The van der Waals surface area contributed by atoms with Crippen molar-refractivity contribution in [2.24, 2.45) is 5.92 Å². The van der Waals surface area contributed by atoms with Crippen molar-refractivity contribution in [2.75, 3.05) is 6.61 Å². The third-order valence-electron chi connectivity index (χ3n) is 2.85. The van der Waals surface area contributed by atoms with Crippen molar-refractivity contribution in [3.05, 3.63) is 34.0 Å². The van der Waals surface area contributed by atoms with Crippen molar-refractivity contribution in [1.82, 2.24) is 0 Å². The first-order valence-corrected chi connectivity index (χ1v) is 7.14. The largest absolute Gasteiger partial charge is 0.494 e. The molecule has 1 unspecified atom stereocenters. The topological polar surface area (TPSA) is 9.23 Å². The van der Waals surface area contributed by atoms with Crippen molar-refractivity contribution >= 4 is 15.9 Å². The molecule has 17 heavy (non-hydrogen) atoms. The van der Waals surface area contributed by atoms with Crippen LogP contribution < -0.4 is 0 Å². The molecule has 0 saturated carbocycles. The Morgan fingerprint density at radius 1 is 1.29 bits per heavy atom. The van der Waals surface area contributed by atoms with Gasteiger partial charge in [-0.3, -0.25) is 0 Å². The molecule has 0 aliphatic heterocycles. The Morgan fingerprint density at radius 3 is 2.41 bits per heavy atom. The first-order chi connectivity index (χ1) is 8.04. The molecule has 0 aromatic rings. The second kappa shape index (κ2) is 9.52. The zero-order valence-electron chi connectivity index (χ0n) is 11.7. The van der Waals surface area contributed by atoms with Gasteiger partial charge in [-0.05, 0) is 50.8 Å². The summed E-state index contributed by atoms with van der Waals surface area (Å²) < 4.78 is 6.88. The third-order valence-corrected chi connectivity index (χ3v) is 3.93. The molecule has 0 N–H and O–H groups in total. The van der Waals surface area contributed by atoms with Crippen LogP contribution in [0.4, 0.5) is 0 Å². The van der Waals surface area contributed by atoms with Gasteiger partial charge in [-0.1, -0.05) is 42.3 Å². The van der Waals surface area contributed by atoms with Gasteiger partial charge >= 0.3 is 0 Å². The van der Waals surface area contributed by atoms with Crippen molar-refractivity contribution in [3.63, 3.8) is 0 Å². The minimum atomic E-state index is 0.737. The van der Waals surface area contributed by atoms with Crippen LogP contribution in [0.3, 0.4) is 0 Å². The van der Waals surface area contributed by atoms with Gasteiger partial charge in [-0.25, -0.2) is 0 Å². The highest BCUT2D eigenvalue weighted by Crippen LogP contribution is 2.19. The number of hydrogen-bond acceptors (Lipinski definition) is 1. The molecule has 0 spiro atoms. The minimum absolute atomic E-state index is 0.737. The Labute approximate surface area is 115 Å². The molecule has 0 radical (unpaired) electrons. The summed E-state index contributed by atoms with van der Waals surface area (Å²) in [5, 5.41) is 0. The lowest BCUT2D eigenvalue weighted by Crippen LogP contribution is -2.00. The third kappa shape index (κ3) is 7.43. The van der Waals surface area contributed by atoms with E-state index in [9.17, 15) is 0 Å². The van der Waals surface area contributed by atoms with E-state index in [-0.39, 0.29) is 0 Å². The Balaban J connectivity index is 4.28. The van der Waals surface area contributed by atoms with Gasteiger partial charge in [0.25, 0.3) is 0 Å². The summed E-state index contributed by atoms with van der Waals surface area (Å²) in [6.45, 7) is 11.4. The summed E-state index contributed by atoms with van der Waals surface area (Å²) in [7, 11) is 0. The molecular weight excluding hydrogens is 276 g/mol. The van der Waals surface area contributed by atoms with E-state index < -0.39 is 0 Å². The number of rotatable bonds is 7. The van der Waals surface area contributed by atoms with E-state index in [0.29, 0.717) is 0 Å². The lowest BCUT2D eigenvalue weighted by molar-refractivity contribution is 0.202. The summed E-state index contributed by atoms with van der Waals surface area (Å²) >= 11 is 3.51. The molecule has 0 rings (SSSR count). The number of allylic oxidation sites excluding steroid dienone is 5. The minimum Gasteiger partial charge on any atom is -0.494 e. The lowest BCUT2D eigenvalue weighted by atomic mass is 10.1. The fourth-order valence-corrected chi connectivity index (χ4v) is 1.41. The molecule has 0 aromatic carbocycles. The highest BCUT2D eigenvalue weighted by Gasteiger charge is 2.01. The molecule has 0 aliphatic rings. The zero-order chi connectivity index (χ0) is 13.3. The van der Waals surface area contributed by atoms with E-state index in [1.54, 1.807) is 0 Å². The molecule has 0 bridgehead atoms. The van der Waals surface area contributed by atoms with Crippen LogP contribution in [0, 0.1) is 5.92 Å². The average molecular weight is 301 g/mol. The highest BCUT2D eigenvalue weighted by atomic mass is 79.9. The fourth-order valence-electron chi connectivity index (χ4n) is 1.30. The van der Waals surface area contributed by atoms with E-state index >= 15 is 0 Å². The van der Waals surface area contributed by atoms with Crippen LogP contribution in [0.25, 0.3) is 0 Å². The Morgan fingerprint density at radius 2 is 1.94 bits per heavy atom. The predicted molar refractivity (Wildman–Crippen MR) is 80.2 cm³/mol. The molecule has 0 aromatic heterocycles. The van der Waals surface area contributed by atoms with Crippen LogP contribution in [-0.4, -0.2) is 6.61 Å². The quantitative estimate of drug-likeness (QED) is 0.440. The maximum absolute atomic E-state index is 5.77.